The van der Waals surface area contributed by atoms with Crippen LogP contribution in [0.2, 0.25) is 0 Å². The van der Waals surface area contributed by atoms with E-state index in [0.29, 0.717) is 18.6 Å². The van der Waals surface area contributed by atoms with E-state index in [1.807, 2.05) is 36.4 Å². The average molecular weight is 259 g/mol. The number of nitrogens with one attached hydrogen (secondary N) is 1. The second kappa shape index (κ2) is 6.41. The molecule has 0 heterocycles. The maximum Gasteiger partial charge on any atom is 0.407 e. The summed E-state index contributed by atoms with van der Waals surface area (Å²) < 4.78 is 5.19. The molecule has 1 aliphatic rings. The average Bonchev–Trinajstić information content (AvgIpc) is 3.22. The smallest absolute Gasteiger partial charge is 0.407 e. The van der Waals surface area contributed by atoms with Crippen molar-refractivity contribution in [2.24, 2.45) is 5.41 Å². The molecule has 1 aliphatic carbocycles. The first kappa shape index (κ1) is 13.7. The van der Waals surface area contributed by atoms with Gasteiger partial charge in [-0.15, -0.1) is 6.58 Å². The van der Waals surface area contributed by atoms with Crippen LogP contribution in [0.5, 0.6) is 0 Å². The van der Waals surface area contributed by atoms with Crippen LogP contribution in [0.15, 0.2) is 43.0 Å². The molecule has 0 aliphatic heterocycles. The molecule has 1 N–H and O–H groups in total. The molecule has 1 aromatic carbocycles. The van der Waals surface area contributed by atoms with E-state index in [9.17, 15) is 4.79 Å². The zero-order valence-corrected chi connectivity index (χ0v) is 11.2. The predicted octanol–water partition coefficient (Wildman–Crippen LogP) is 3.66. The summed E-state index contributed by atoms with van der Waals surface area (Å²) >= 11 is 0. The van der Waals surface area contributed by atoms with E-state index >= 15 is 0 Å². The minimum atomic E-state index is -0.325. The molecule has 0 saturated heterocycles. The highest BCUT2D eigenvalue weighted by Gasteiger charge is 2.41. The molecule has 1 aromatic rings. The first-order chi connectivity index (χ1) is 9.24. The highest BCUT2D eigenvalue weighted by molar-refractivity contribution is 5.67. The predicted molar refractivity (Wildman–Crippen MR) is 75.7 cm³/mol. The molecule has 0 radical (unpaired) electrons. The van der Waals surface area contributed by atoms with Crippen molar-refractivity contribution in [3.05, 3.63) is 48.6 Å². The van der Waals surface area contributed by atoms with Gasteiger partial charge in [-0.25, -0.2) is 4.79 Å². The number of ether oxygens (including phenoxy) is 1. The number of rotatable bonds is 7. The Hall–Kier alpha value is -1.77. The third-order valence-corrected chi connectivity index (χ3v) is 3.66. The Morgan fingerprint density at radius 1 is 1.37 bits per heavy atom. The molecule has 0 spiro atoms. The number of alkyl carbamates (subject to hydrolysis) is 1. The quantitative estimate of drug-likeness (QED) is 0.759. The van der Waals surface area contributed by atoms with Crippen molar-refractivity contribution in [1.29, 1.82) is 0 Å². The van der Waals surface area contributed by atoms with Crippen LogP contribution in [0.4, 0.5) is 4.79 Å². The lowest BCUT2D eigenvalue weighted by Gasteiger charge is -2.15. The Bertz CT molecular complexity index is 424. The number of hydrogen-bond donors (Lipinski definition) is 1. The van der Waals surface area contributed by atoms with Gasteiger partial charge in [-0.05, 0) is 36.7 Å². The van der Waals surface area contributed by atoms with Gasteiger partial charge in [0.05, 0.1) is 0 Å². The van der Waals surface area contributed by atoms with Crippen LogP contribution in [-0.4, -0.2) is 12.6 Å². The van der Waals surface area contributed by atoms with Crippen LogP contribution < -0.4 is 5.32 Å². The summed E-state index contributed by atoms with van der Waals surface area (Å²) in [4.78, 5) is 11.6. The monoisotopic (exact) mass is 259 g/mol. The molecule has 102 valence electrons. The van der Waals surface area contributed by atoms with Crippen molar-refractivity contribution in [3.63, 3.8) is 0 Å². The Balaban J connectivity index is 1.66. The van der Waals surface area contributed by atoms with Crippen LogP contribution in [-0.2, 0) is 11.3 Å². The lowest BCUT2D eigenvalue weighted by Crippen LogP contribution is -2.30. The summed E-state index contributed by atoms with van der Waals surface area (Å²) in [6.45, 7) is 4.78. The third-order valence-electron chi connectivity index (χ3n) is 3.66. The minimum Gasteiger partial charge on any atom is -0.445 e. The molecule has 1 amide bonds. The maximum atomic E-state index is 11.6. The van der Waals surface area contributed by atoms with Gasteiger partial charge >= 0.3 is 6.09 Å². The summed E-state index contributed by atoms with van der Waals surface area (Å²) in [6.07, 6.45) is 6.12. The normalized spacial score (nSPS) is 15.6. The molecule has 1 fully saturated rings. The molecular weight excluding hydrogens is 238 g/mol. The summed E-state index contributed by atoms with van der Waals surface area (Å²) in [7, 11) is 0. The summed E-state index contributed by atoms with van der Waals surface area (Å²) in [5, 5.41) is 2.87. The van der Waals surface area contributed by atoms with Crippen molar-refractivity contribution in [1.82, 2.24) is 5.32 Å². The highest BCUT2D eigenvalue weighted by atomic mass is 16.5. The zero-order valence-electron chi connectivity index (χ0n) is 11.2. The van der Waals surface area contributed by atoms with E-state index in [2.05, 4.69) is 11.9 Å². The number of carbonyl (C=O) groups is 1. The third kappa shape index (κ3) is 4.43. The first-order valence-electron chi connectivity index (χ1n) is 6.80. The fourth-order valence-corrected chi connectivity index (χ4v) is 2.13. The van der Waals surface area contributed by atoms with Gasteiger partial charge in [-0.2, -0.15) is 0 Å². The number of carbonyl (C=O) groups excluding carboxylic acids is 1. The largest absolute Gasteiger partial charge is 0.445 e. The van der Waals surface area contributed by atoms with Crippen molar-refractivity contribution in [3.8, 4) is 0 Å². The molecule has 3 nitrogen and oxygen atoms in total. The van der Waals surface area contributed by atoms with E-state index in [4.69, 9.17) is 4.74 Å². The van der Waals surface area contributed by atoms with Crippen molar-refractivity contribution < 1.29 is 9.53 Å². The first-order valence-corrected chi connectivity index (χ1v) is 6.80. The van der Waals surface area contributed by atoms with Gasteiger partial charge in [0, 0.05) is 6.54 Å². The standard InChI is InChI=1S/C16H21NO2/c1-2-3-9-16(10-11-16)13-17-15(18)19-12-14-7-5-4-6-8-14/h2,4-8H,1,3,9-13H2,(H,17,18). The zero-order chi connectivity index (χ0) is 13.6. The number of allylic oxidation sites excluding steroid dienone is 1. The van der Waals surface area contributed by atoms with Gasteiger partial charge < -0.3 is 10.1 Å². The van der Waals surface area contributed by atoms with E-state index in [-0.39, 0.29) is 6.09 Å². The molecule has 19 heavy (non-hydrogen) atoms. The molecule has 1 saturated carbocycles. The minimum absolute atomic E-state index is 0.306. The molecule has 3 heteroatoms. The van der Waals surface area contributed by atoms with Gasteiger partial charge in [0.2, 0.25) is 0 Å². The Morgan fingerprint density at radius 3 is 2.74 bits per heavy atom. The van der Waals surface area contributed by atoms with Gasteiger partial charge in [-0.3, -0.25) is 0 Å². The van der Waals surface area contributed by atoms with E-state index in [0.717, 1.165) is 18.4 Å². The van der Waals surface area contributed by atoms with E-state index < -0.39 is 0 Å². The second-order valence-corrected chi connectivity index (χ2v) is 5.24. The Morgan fingerprint density at radius 2 is 2.11 bits per heavy atom. The lowest BCUT2D eigenvalue weighted by molar-refractivity contribution is 0.137. The topological polar surface area (TPSA) is 38.3 Å². The molecule has 2 rings (SSSR count). The van der Waals surface area contributed by atoms with Crippen LogP contribution in [0.25, 0.3) is 0 Å². The number of hydrogen-bond acceptors (Lipinski definition) is 2. The van der Waals surface area contributed by atoms with Gasteiger partial charge in [-0.1, -0.05) is 36.4 Å². The van der Waals surface area contributed by atoms with Crippen molar-refractivity contribution in [2.75, 3.05) is 6.54 Å². The Kier molecular flexibility index (Phi) is 4.61. The van der Waals surface area contributed by atoms with Crippen molar-refractivity contribution >= 4 is 6.09 Å². The Labute approximate surface area is 114 Å². The lowest BCUT2D eigenvalue weighted by atomic mass is 10.0. The van der Waals surface area contributed by atoms with Gasteiger partial charge in [0.25, 0.3) is 0 Å². The second-order valence-electron chi connectivity index (χ2n) is 5.24. The summed E-state index contributed by atoms with van der Waals surface area (Å²) in [5.41, 5.74) is 1.31. The summed E-state index contributed by atoms with van der Waals surface area (Å²) in [5.74, 6) is 0. The fourth-order valence-electron chi connectivity index (χ4n) is 2.13. The van der Waals surface area contributed by atoms with Crippen LogP contribution in [0, 0.1) is 5.41 Å². The van der Waals surface area contributed by atoms with E-state index in [1.54, 1.807) is 0 Å². The summed E-state index contributed by atoms with van der Waals surface area (Å²) in [6, 6.07) is 9.70. The fraction of sp³-hybridized carbons (Fsp3) is 0.438. The van der Waals surface area contributed by atoms with Gasteiger partial charge in [0.15, 0.2) is 0 Å². The molecular formula is C16H21NO2. The van der Waals surface area contributed by atoms with Crippen molar-refractivity contribution in [2.45, 2.75) is 32.3 Å². The van der Waals surface area contributed by atoms with Crippen LogP contribution in [0.1, 0.15) is 31.2 Å². The molecule has 0 bridgehead atoms. The number of amides is 1. The number of benzene rings is 1. The highest BCUT2D eigenvalue weighted by Crippen LogP contribution is 2.49. The maximum absolute atomic E-state index is 11.6. The van der Waals surface area contributed by atoms with E-state index in [1.165, 1.54) is 12.8 Å². The van der Waals surface area contributed by atoms with Crippen LogP contribution >= 0.6 is 0 Å². The molecule has 0 aromatic heterocycles. The van der Waals surface area contributed by atoms with Crippen LogP contribution in [0.3, 0.4) is 0 Å². The van der Waals surface area contributed by atoms with Gasteiger partial charge in [0.1, 0.15) is 6.61 Å². The molecule has 0 unspecified atom stereocenters. The SMILES string of the molecule is C=CCCC1(CNC(=O)OCc2ccccc2)CC1. The molecule has 0 atom stereocenters.